The van der Waals surface area contributed by atoms with Gasteiger partial charge in [-0.3, -0.25) is 9.59 Å². The van der Waals surface area contributed by atoms with E-state index in [1.54, 1.807) is 30.3 Å². The molecule has 0 aliphatic carbocycles. The summed E-state index contributed by atoms with van der Waals surface area (Å²) >= 11 is 5.92. The predicted molar refractivity (Wildman–Crippen MR) is 101 cm³/mol. The molecule has 0 bridgehead atoms. The average molecular weight is 362 g/mol. The molecule has 25 heavy (non-hydrogen) atoms. The Bertz CT molecular complexity index is 761. The molecule has 2 N–H and O–H groups in total. The predicted octanol–water partition coefficient (Wildman–Crippen LogP) is 3.38. The van der Waals surface area contributed by atoms with Gasteiger partial charge in [-0.1, -0.05) is 11.6 Å². The zero-order valence-corrected chi connectivity index (χ0v) is 15.1. The van der Waals surface area contributed by atoms with E-state index < -0.39 is 11.8 Å². The third-order valence-corrected chi connectivity index (χ3v) is 3.66. The second kappa shape index (κ2) is 8.39. The van der Waals surface area contributed by atoms with Crippen LogP contribution < -0.4 is 20.3 Å². The number of amides is 2. The van der Waals surface area contributed by atoms with E-state index in [2.05, 4.69) is 10.6 Å². The number of hydrogen-bond acceptors (Lipinski definition) is 4. The van der Waals surface area contributed by atoms with E-state index in [0.29, 0.717) is 22.1 Å². The minimum absolute atomic E-state index is 0.314. The van der Waals surface area contributed by atoms with Crippen molar-refractivity contribution in [3.05, 3.63) is 47.5 Å². The van der Waals surface area contributed by atoms with Crippen molar-refractivity contribution >= 4 is 40.5 Å². The molecular weight excluding hydrogens is 342 g/mol. The summed E-state index contributed by atoms with van der Waals surface area (Å²) in [6, 6.07) is 12.2. The van der Waals surface area contributed by atoms with E-state index in [1.807, 2.05) is 31.1 Å². The number of anilines is 3. The van der Waals surface area contributed by atoms with Crippen LogP contribution in [0.15, 0.2) is 42.5 Å². The Labute approximate surface area is 151 Å². The molecule has 7 heteroatoms. The fourth-order valence-corrected chi connectivity index (χ4v) is 2.34. The van der Waals surface area contributed by atoms with Gasteiger partial charge in [-0.2, -0.15) is 0 Å². The number of nitrogens with one attached hydrogen (secondary N) is 2. The summed E-state index contributed by atoms with van der Waals surface area (Å²) in [7, 11) is 5.35. The molecule has 2 amide bonds. The molecule has 2 aromatic rings. The Kier molecular flexibility index (Phi) is 6.25. The van der Waals surface area contributed by atoms with Crippen LogP contribution in [0.25, 0.3) is 0 Å². The number of methoxy groups -OCH3 is 1. The Hall–Kier alpha value is -2.73. The van der Waals surface area contributed by atoms with Gasteiger partial charge in [0.2, 0.25) is 11.8 Å². The van der Waals surface area contributed by atoms with Crippen LogP contribution in [0.3, 0.4) is 0 Å². The van der Waals surface area contributed by atoms with Crippen molar-refractivity contribution in [1.82, 2.24) is 0 Å². The first-order chi connectivity index (χ1) is 11.9. The van der Waals surface area contributed by atoms with Gasteiger partial charge in [0.15, 0.2) is 0 Å². The molecule has 0 aliphatic rings. The number of rotatable bonds is 6. The summed E-state index contributed by atoms with van der Waals surface area (Å²) in [5.74, 6) is -0.392. The minimum atomic E-state index is -0.456. The van der Waals surface area contributed by atoms with E-state index in [9.17, 15) is 9.59 Å². The van der Waals surface area contributed by atoms with Gasteiger partial charge in [0.05, 0.1) is 12.8 Å². The average Bonchev–Trinajstić information content (AvgIpc) is 2.55. The molecule has 6 nitrogen and oxygen atoms in total. The molecule has 0 fully saturated rings. The Morgan fingerprint density at radius 1 is 1.04 bits per heavy atom. The second-order valence-corrected chi connectivity index (χ2v) is 6.00. The first-order valence-electron chi connectivity index (χ1n) is 7.59. The Morgan fingerprint density at radius 2 is 1.68 bits per heavy atom. The van der Waals surface area contributed by atoms with Crippen LogP contribution in [0.2, 0.25) is 5.02 Å². The van der Waals surface area contributed by atoms with Gasteiger partial charge in [-0.15, -0.1) is 0 Å². The Balaban J connectivity index is 1.94. The number of carbonyl (C=O) groups is 2. The first kappa shape index (κ1) is 18.6. The van der Waals surface area contributed by atoms with E-state index in [0.717, 1.165) is 5.69 Å². The summed E-state index contributed by atoms with van der Waals surface area (Å²) in [5.41, 5.74) is 2.07. The van der Waals surface area contributed by atoms with Crippen LogP contribution >= 0.6 is 11.6 Å². The highest BCUT2D eigenvalue weighted by molar-refractivity contribution is 6.31. The highest BCUT2D eigenvalue weighted by Crippen LogP contribution is 2.27. The largest absolute Gasteiger partial charge is 0.495 e. The Morgan fingerprint density at radius 3 is 2.28 bits per heavy atom. The molecule has 0 spiro atoms. The molecule has 2 rings (SSSR count). The fourth-order valence-electron chi connectivity index (χ4n) is 2.17. The van der Waals surface area contributed by atoms with Crippen LogP contribution in [-0.2, 0) is 9.59 Å². The lowest BCUT2D eigenvalue weighted by Gasteiger charge is -2.13. The highest BCUT2D eigenvalue weighted by atomic mass is 35.5. The molecule has 0 heterocycles. The van der Waals surface area contributed by atoms with Gasteiger partial charge in [0.1, 0.15) is 12.2 Å². The van der Waals surface area contributed by atoms with Gasteiger partial charge in [0, 0.05) is 30.5 Å². The van der Waals surface area contributed by atoms with Crippen molar-refractivity contribution < 1.29 is 14.3 Å². The maximum absolute atomic E-state index is 12.1. The van der Waals surface area contributed by atoms with Gasteiger partial charge >= 0.3 is 0 Å². The molecular formula is C18H20ClN3O3. The molecule has 0 radical (unpaired) electrons. The summed E-state index contributed by atoms with van der Waals surface area (Å²) in [6.45, 7) is 0. The third kappa shape index (κ3) is 5.39. The zero-order valence-electron chi connectivity index (χ0n) is 14.3. The lowest BCUT2D eigenvalue weighted by molar-refractivity contribution is -0.123. The van der Waals surface area contributed by atoms with Crippen molar-refractivity contribution in [2.24, 2.45) is 0 Å². The number of hydrogen-bond donors (Lipinski definition) is 2. The third-order valence-electron chi connectivity index (χ3n) is 3.42. The number of halogens is 1. The lowest BCUT2D eigenvalue weighted by atomic mass is 10.2. The quantitative estimate of drug-likeness (QED) is 0.774. The van der Waals surface area contributed by atoms with Crippen molar-refractivity contribution in [3.63, 3.8) is 0 Å². The van der Waals surface area contributed by atoms with Crippen molar-refractivity contribution in [2.75, 3.05) is 36.7 Å². The van der Waals surface area contributed by atoms with E-state index in [1.165, 1.54) is 7.11 Å². The molecule has 0 aliphatic heterocycles. The normalized spacial score (nSPS) is 10.1. The molecule has 132 valence electrons. The standard InChI is InChI=1S/C18H20ClN3O3/c1-22(2)14-7-5-13(6-8-14)20-17(23)11-18(24)21-15-10-12(19)4-9-16(15)25-3/h4-10H,11H2,1-3H3,(H,20,23)(H,21,24). The van der Waals surface area contributed by atoms with Crippen LogP contribution in [0.1, 0.15) is 6.42 Å². The number of benzene rings is 2. The molecule has 0 saturated carbocycles. The van der Waals surface area contributed by atoms with Crippen molar-refractivity contribution in [1.29, 1.82) is 0 Å². The first-order valence-corrected chi connectivity index (χ1v) is 7.97. The number of ether oxygens (including phenoxy) is 1. The van der Waals surface area contributed by atoms with E-state index >= 15 is 0 Å². The summed E-state index contributed by atoms with van der Waals surface area (Å²) < 4.78 is 5.15. The van der Waals surface area contributed by atoms with Crippen LogP contribution in [0, 0.1) is 0 Å². The second-order valence-electron chi connectivity index (χ2n) is 5.56. The molecule has 2 aromatic carbocycles. The summed E-state index contributed by atoms with van der Waals surface area (Å²) in [4.78, 5) is 26.0. The zero-order chi connectivity index (χ0) is 18.4. The number of carbonyl (C=O) groups excluding carboxylic acids is 2. The fraction of sp³-hybridized carbons (Fsp3) is 0.222. The molecule has 0 atom stereocenters. The van der Waals surface area contributed by atoms with Crippen LogP contribution in [0.5, 0.6) is 5.75 Å². The highest BCUT2D eigenvalue weighted by Gasteiger charge is 2.13. The number of nitrogens with zero attached hydrogens (tertiary/aromatic N) is 1. The van der Waals surface area contributed by atoms with Crippen LogP contribution in [-0.4, -0.2) is 33.0 Å². The van der Waals surface area contributed by atoms with Crippen molar-refractivity contribution in [3.8, 4) is 5.75 Å². The molecule has 0 saturated heterocycles. The molecule has 0 aromatic heterocycles. The van der Waals surface area contributed by atoms with E-state index in [-0.39, 0.29) is 6.42 Å². The summed E-state index contributed by atoms with van der Waals surface area (Å²) in [6.07, 6.45) is -0.314. The minimum Gasteiger partial charge on any atom is -0.495 e. The smallest absolute Gasteiger partial charge is 0.233 e. The van der Waals surface area contributed by atoms with E-state index in [4.69, 9.17) is 16.3 Å². The topological polar surface area (TPSA) is 70.7 Å². The maximum atomic E-state index is 12.1. The molecule has 0 unspecified atom stereocenters. The monoisotopic (exact) mass is 361 g/mol. The maximum Gasteiger partial charge on any atom is 0.233 e. The van der Waals surface area contributed by atoms with Gasteiger partial charge in [-0.05, 0) is 42.5 Å². The SMILES string of the molecule is COc1ccc(Cl)cc1NC(=O)CC(=O)Nc1ccc(N(C)C)cc1. The van der Waals surface area contributed by atoms with Gasteiger partial charge in [-0.25, -0.2) is 0 Å². The summed E-state index contributed by atoms with van der Waals surface area (Å²) in [5, 5.41) is 5.78. The van der Waals surface area contributed by atoms with Gasteiger partial charge in [0.25, 0.3) is 0 Å². The van der Waals surface area contributed by atoms with Gasteiger partial charge < -0.3 is 20.3 Å². The van der Waals surface area contributed by atoms with Crippen molar-refractivity contribution in [2.45, 2.75) is 6.42 Å². The van der Waals surface area contributed by atoms with Crippen LogP contribution in [0.4, 0.5) is 17.1 Å². The lowest BCUT2D eigenvalue weighted by Crippen LogP contribution is -2.21.